The molecule has 4 aromatic rings. The number of thiophene rings is 1. The van der Waals surface area contributed by atoms with Gasteiger partial charge in [0.25, 0.3) is 0 Å². The van der Waals surface area contributed by atoms with Gasteiger partial charge in [0.05, 0.1) is 20.8 Å². The minimum absolute atomic E-state index is 0.121. The van der Waals surface area contributed by atoms with E-state index in [2.05, 4.69) is 32.8 Å². The SMILES string of the molecule is CN1CCN(C(=O)C2CCN(Cc3ccc(-c4cc5nccc(Oc6ccc(CC(=O)CC7CC7)cc6F)c5s4)nc3)CC2)CC1. The Kier molecular flexibility index (Phi) is 9.10. The van der Waals surface area contributed by atoms with Crippen molar-refractivity contribution in [3.05, 3.63) is 71.8 Å². The maximum absolute atomic E-state index is 15.0. The van der Waals surface area contributed by atoms with Crippen molar-refractivity contribution in [3.63, 3.8) is 0 Å². The van der Waals surface area contributed by atoms with E-state index in [4.69, 9.17) is 9.72 Å². The average Bonchev–Trinajstić information content (AvgIpc) is 3.76. The van der Waals surface area contributed by atoms with Crippen LogP contribution in [-0.4, -0.2) is 82.7 Å². The fraction of sp³-hybridized carbons (Fsp3) is 0.444. The van der Waals surface area contributed by atoms with Crippen molar-refractivity contribution in [2.24, 2.45) is 11.8 Å². The van der Waals surface area contributed by atoms with Crippen LogP contribution in [0.3, 0.4) is 0 Å². The molecular weight excluding hydrogens is 601 g/mol. The van der Waals surface area contributed by atoms with Crippen molar-refractivity contribution in [2.75, 3.05) is 46.3 Å². The number of hydrogen-bond donors (Lipinski definition) is 0. The predicted molar refractivity (Wildman–Crippen MR) is 177 cm³/mol. The van der Waals surface area contributed by atoms with E-state index in [0.29, 0.717) is 29.6 Å². The topological polar surface area (TPSA) is 78.9 Å². The van der Waals surface area contributed by atoms with Gasteiger partial charge in [0.2, 0.25) is 5.91 Å². The third-order valence-electron chi connectivity index (χ3n) is 9.44. The van der Waals surface area contributed by atoms with Crippen LogP contribution in [0.15, 0.2) is 54.9 Å². The van der Waals surface area contributed by atoms with Crippen LogP contribution in [0, 0.1) is 17.7 Å². The lowest BCUT2D eigenvalue weighted by atomic mass is 9.94. The largest absolute Gasteiger partial charge is 0.453 e. The second kappa shape index (κ2) is 13.6. The maximum atomic E-state index is 15.0. The van der Waals surface area contributed by atoms with E-state index in [0.717, 1.165) is 97.8 Å². The molecule has 0 spiro atoms. The molecule has 2 saturated heterocycles. The van der Waals surface area contributed by atoms with Gasteiger partial charge < -0.3 is 14.5 Å². The highest BCUT2D eigenvalue weighted by molar-refractivity contribution is 7.22. The molecule has 10 heteroatoms. The third-order valence-corrected chi connectivity index (χ3v) is 10.6. The van der Waals surface area contributed by atoms with Crippen molar-refractivity contribution in [1.29, 1.82) is 0 Å². The van der Waals surface area contributed by atoms with Gasteiger partial charge in [-0.25, -0.2) is 4.39 Å². The Balaban J connectivity index is 0.959. The maximum Gasteiger partial charge on any atom is 0.225 e. The zero-order valence-electron chi connectivity index (χ0n) is 26.3. The highest BCUT2D eigenvalue weighted by atomic mass is 32.1. The number of nitrogens with zero attached hydrogens (tertiary/aromatic N) is 5. The van der Waals surface area contributed by atoms with E-state index in [1.54, 1.807) is 24.4 Å². The van der Waals surface area contributed by atoms with Gasteiger partial charge in [0, 0.05) is 69.9 Å². The van der Waals surface area contributed by atoms with Crippen LogP contribution < -0.4 is 4.74 Å². The Morgan fingerprint density at radius 1 is 0.913 bits per heavy atom. The summed E-state index contributed by atoms with van der Waals surface area (Å²) in [4.78, 5) is 42.2. The number of likely N-dealkylation sites (N-methyl/N-ethyl adjacent to an activating group) is 1. The van der Waals surface area contributed by atoms with E-state index in [-0.39, 0.29) is 23.9 Å². The normalized spacial score (nSPS) is 18.3. The number of rotatable bonds is 10. The molecule has 5 heterocycles. The minimum Gasteiger partial charge on any atom is -0.453 e. The minimum atomic E-state index is -0.485. The molecule has 3 fully saturated rings. The molecule has 0 N–H and O–H groups in total. The van der Waals surface area contributed by atoms with Gasteiger partial charge in [0.15, 0.2) is 11.6 Å². The first kappa shape index (κ1) is 30.9. The Morgan fingerprint density at radius 3 is 2.41 bits per heavy atom. The average molecular weight is 642 g/mol. The van der Waals surface area contributed by atoms with Gasteiger partial charge in [-0.05, 0) is 87.1 Å². The van der Waals surface area contributed by atoms with Crippen molar-refractivity contribution >= 4 is 33.2 Å². The summed E-state index contributed by atoms with van der Waals surface area (Å²) >= 11 is 1.52. The summed E-state index contributed by atoms with van der Waals surface area (Å²) in [6.45, 7) is 6.24. The number of amides is 1. The molecule has 3 aromatic heterocycles. The number of piperazine rings is 1. The van der Waals surface area contributed by atoms with Gasteiger partial charge in [-0.1, -0.05) is 12.1 Å². The molecule has 0 atom stereocenters. The van der Waals surface area contributed by atoms with Gasteiger partial charge in [-0.3, -0.25) is 24.5 Å². The van der Waals surface area contributed by atoms with E-state index < -0.39 is 5.82 Å². The fourth-order valence-electron chi connectivity index (χ4n) is 6.47. The number of pyridine rings is 2. The molecule has 3 aliphatic rings. The van der Waals surface area contributed by atoms with Crippen molar-refractivity contribution in [2.45, 2.75) is 45.1 Å². The molecule has 240 valence electrons. The molecule has 1 aliphatic carbocycles. The molecule has 2 aliphatic heterocycles. The number of halogens is 1. The number of benzene rings is 1. The summed E-state index contributed by atoms with van der Waals surface area (Å²) in [7, 11) is 2.11. The summed E-state index contributed by atoms with van der Waals surface area (Å²) < 4.78 is 21.8. The zero-order chi connectivity index (χ0) is 31.6. The number of aromatic nitrogens is 2. The summed E-state index contributed by atoms with van der Waals surface area (Å²) in [5, 5.41) is 0. The number of carbonyl (C=O) groups is 2. The van der Waals surface area contributed by atoms with E-state index in [9.17, 15) is 9.59 Å². The number of carbonyl (C=O) groups excluding carboxylic acids is 2. The number of piperidine rings is 1. The molecule has 1 saturated carbocycles. The molecule has 8 nitrogen and oxygen atoms in total. The van der Waals surface area contributed by atoms with Crippen LogP contribution in [0.4, 0.5) is 4.39 Å². The standard InChI is InChI=1S/C36H40FN5O3S/c1-40-14-16-42(17-15-40)36(44)27-9-12-41(13-10-27)23-26-4-6-30(39-22-26)34-21-31-35(46-34)33(8-11-38-31)45-32-7-5-25(20-29(32)37)19-28(43)18-24-2-3-24/h4-8,11,20-22,24,27H,2-3,9-10,12-19,23H2,1H3. The molecule has 0 radical (unpaired) electrons. The van der Waals surface area contributed by atoms with E-state index >= 15 is 4.39 Å². The summed E-state index contributed by atoms with van der Waals surface area (Å²) in [5.41, 5.74) is 3.42. The van der Waals surface area contributed by atoms with Crippen LogP contribution in [0.5, 0.6) is 11.5 Å². The second-order valence-electron chi connectivity index (χ2n) is 13.1. The highest BCUT2D eigenvalue weighted by Crippen LogP contribution is 2.39. The monoisotopic (exact) mass is 641 g/mol. The fourth-order valence-corrected chi connectivity index (χ4v) is 7.51. The van der Waals surface area contributed by atoms with E-state index in [1.807, 2.05) is 18.3 Å². The van der Waals surface area contributed by atoms with Crippen LogP contribution in [0.1, 0.15) is 43.2 Å². The number of Topliss-reactive ketones (excluding diaryl/α,β-unsaturated/α-hetero) is 1. The quantitative estimate of drug-likeness (QED) is 0.205. The van der Waals surface area contributed by atoms with Gasteiger partial charge >= 0.3 is 0 Å². The highest BCUT2D eigenvalue weighted by Gasteiger charge is 2.30. The molecule has 7 rings (SSSR count). The van der Waals surface area contributed by atoms with Crippen molar-refractivity contribution in [3.8, 4) is 22.1 Å². The van der Waals surface area contributed by atoms with Crippen LogP contribution in [0.2, 0.25) is 0 Å². The number of fused-ring (bicyclic) bond motifs is 1. The predicted octanol–water partition coefficient (Wildman–Crippen LogP) is 6.19. The van der Waals surface area contributed by atoms with Crippen molar-refractivity contribution < 1.29 is 18.7 Å². The van der Waals surface area contributed by atoms with Gasteiger partial charge in [0.1, 0.15) is 11.5 Å². The lowest BCUT2D eigenvalue weighted by molar-refractivity contribution is -0.138. The third kappa shape index (κ3) is 7.29. The molecule has 0 bridgehead atoms. The first-order valence-electron chi connectivity index (χ1n) is 16.4. The second-order valence-corrected chi connectivity index (χ2v) is 14.1. The molecular formula is C36H40FN5O3S. The van der Waals surface area contributed by atoms with Crippen LogP contribution in [0.25, 0.3) is 20.8 Å². The lowest BCUT2D eigenvalue weighted by Crippen LogP contribution is -2.50. The summed E-state index contributed by atoms with van der Waals surface area (Å²) in [6.07, 6.45) is 8.50. The van der Waals surface area contributed by atoms with Gasteiger partial charge in [-0.2, -0.15) is 0 Å². The Morgan fingerprint density at radius 2 is 1.70 bits per heavy atom. The summed E-state index contributed by atoms with van der Waals surface area (Å²) in [6, 6.07) is 12.7. The number of ketones is 1. The lowest BCUT2D eigenvalue weighted by Gasteiger charge is -2.37. The molecule has 1 aromatic carbocycles. The first-order valence-corrected chi connectivity index (χ1v) is 17.2. The number of likely N-dealkylation sites (tertiary alicyclic amines) is 1. The Bertz CT molecular complexity index is 1710. The van der Waals surface area contributed by atoms with Crippen LogP contribution in [-0.2, 0) is 22.6 Å². The van der Waals surface area contributed by atoms with E-state index in [1.165, 1.54) is 17.4 Å². The molecule has 46 heavy (non-hydrogen) atoms. The zero-order valence-corrected chi connectivity index (χ0v) is 27.1. The number of ether oxygens (including phenoxy) is 1. The smallest absolute Gasteiger partial charge is 0.225 e. The Hall–Kier alpha value is -3.73. The Labute approximate surface area is 273 Å². The summed E-state index contributed by atoms with van der Waals surface area (Å²) in [5.74, 6) is 1.33. The number of hydrogen-bond acceptors (Lipinski definition) is 8. The first-order chi connectivity index (χ1) is 22.4. The van der Waals surface area contributed by atoms with Gasteiger partial charge in [-0.15, -0.1) is 11.3 Å². The van der Waals surface area contributed by atoms with Crippen molar-refractivity contribution in [1.82, 2.24) is 24.7 Å². The van der Waals surface area contributed by atoms with Crippen LogP contribution >= 0.6 is 11.3 Å². The molecule has 0 unspecified atom stereocenters. The molecule has 1 amide bonds.